The van der Waals surface area contributed by atoms with Crippen molar-refractivity contribution in [2.75, 3.05) is 12.3 Å². The molecule has 0 heterocycles. The first-order valence-electron chi connectivity index (χ1n) is 6.37. The van der Waals surface area contributed by atoms with E-state index in [0.717, 1.165) is 6.42 Å². The second-order valence-electron chi connectivity index (χ2n) is 4.66. The highest BCUT2D eigenvalue weighted by Gasteiger charge is 2.23. The zero-order valence-electron chi connectivity index (χ0n) is 11.5. The van der Waals surface area contributed by atoms with Gasteiger partial charge in [0.2, 0.25) is 0 Å². The molecule has 110 valence electrons. The van der Waals surface area contributed by atoms with Crippen LogP contribution in [0, 0.1) is 16.0 Å². The van der Waals surface area contributed by atoms with Crippen LogP contribution in [0.1, 0.15) is 30.6 Å². The number of hydrogen-bond acceptors (Lipinski definition) is 5. The Hall–Kier alpha value is -2.15. The van der Waals surface area contributed by atoms with Crippen LogP contribution in [0.3, 0.4) is 0 Å². The summed E-state index contributed by atoms with van der Waals surface area (Å²) in [6, 6.07) is 4.06. The number of aliphatic hydroxyl groups is 1. The van der Waals surface area contributed by atoms with Crippen molar-refractivity contribution in [2.24, 2.45) is 5.92 Å². The first kappa shape index (κ1) is 15.9. The number of hydrogen-bond donors (Lipinski definition) is 3. The van der Waals surface area contributed by atoms with Gasteiger partial charge in [-0.3, -0.25) is 14.9 Å². The number of nitro groups is 1. The maximum Gasteiger partial charge on any atom is 0.284 e. The minimum atomic E-state index is -0.701. The molecule has 2 atom stereocenters. The van der Waals surface area contributed by atoms with Crippen LogP contribution >= 0.6 is 0 Å². The molecule has 4 N–H and O–H groups in total. The van der Waals surface area contributed by atoms with Crippen molar-refractivity contribution in [2.45, 2.75) is 26.4 Å². The van der Waals surface area contributed by atoms with E-state index in [0.29, 0.717) is 0 Å². The summed E-state index contributed by atoms with van der Waals surface area (Å²) in [5.41, 5.74) is 5.14. The average molecular weight is 281 g/mol. The van der Waals surface area contributed by atoms with Crippen LogP contribution in [0.5, 0.6) is 0 Å². The third-order valence-electron chi connectivity index (χ3n) is 3.27. The van der Waals surface area contributed by atoms with Crippen molar-refractivity contribution in [1.29, 1.82) is 0 Å². The summed E-state index contributed by atoms with van der Waals surface area (Å²) in [4.78, 5) is 22.2. The van der Waals surface area contributed by atoms with Crippen molar-refractivity contribution >= 4 is 17.3 Å². The second-order valence-corrected chi connectivity index (χ2v) is 4.66. The Morgan fingerprint density at radius 3 is 2.75 bits per heavy atom. The zero-order chi connectivity index (χ0) is 15.3. The number of nitrogens with zero attached hydrogens (tertiary/aromatic N) is 1. The minimum Gasteiger partial charge on any atom is -0.398 e. The van der Waals surface area contributed by atoms with E-state index in [1.807, 2.05) is 13.8 Å². The molecule has 1 aromatic carbocycles. The third-order valence-corrected chi connectivity index (χ3v) is 3.27. The first-order valence-corrected chi connectivity index (χ1v) is 6.37. The molecule has 1 aromatic rings. The number of amides is 1. The lowest BCUT2D eigenvalue weighted by Crippen LogP contribution is -2.35. The molecule has 0 aromatic heterocycles. The number of aliphatic hydroxyl groups excluding tert-OH is 1. The molecule has 0 aliphatic rings. The Morgan fingerprint density at radius 1 is 1.55 bits per heavy atom. The summed E-state index contributed by atoms with van der Waals surface area (Å²) in [5.74, 6) is -0.629. The van der Waals surface area contributed by atoms with Gasteiger partial charge in [-0.25, -0.2) is 0 Å². The molecular formula is C13H19N3O4. The van der Waals surface area contributed by atoms with Crippen molar-refractivity contribution in [1.82, 2.24) is 5.32 Å². The molecule has 0 aliphatic carbocycles. The van der Waals surface area contributed by atoms with Crippen molar-refractivity contribution in [3.05, 3.63) is 33.9 Å². The lowest BCUT2D eigenvalue weighted by Gasteiger charge is -2.17. The molecule has 20 heavy (non-hydrogen) atoms. The van der Waals surface area contributed by atoms with Gasteiger partial charge >= 0.3 is 0 Å². The van der Waals surface area contributed by atoms with Gasteiger partial charge < -0.3 is 16.2 Å². The van der Waals surface area contributed by atoms with Gasteiger partial charge in [-0.2, -0.15) is 0 Å². The molecule has 0 bridgehead atoms. The van der Waals surface area contributed by atoms with E-state index in [-0.39, 0.29) is 29.4 Å². The first-order chi connectivity index (χ1) is 9.38. The molecular weight excluding hydrogens is 262 g/mol. The Balaban J connectivity index is 2.85. The van der Waals surface area contributed by atoms with Gasteiger partial charge in [-0.15, -0.1) is 0 Å². The fourth-order valence-corrected chi connectivity index (χ4v) is 1.72. The van der Waals surface area contributed by atoms with Crippen LogP contribution < -0.4 is 11.1 Å². The van der Waals surface area contributed by atoms with Gasteiger partial charge in [-0.05, 0) is 12.0 Å². The lowest BCUT2D eigenvalue weighted by molar-refractivity contribution is -0.385. The second kappa shape index (κ2) is 6.85. The quantitative estimate of drug-likeness (QED) is 0.412. The van der Waals surface area contributed by atoms with E-state index in [2.05, 4.69) is 5.32 Å². The van der Waals surface area contributed by atoms with Gasteiger partial charge in [0.15, 0.2) is 0 Å². The van der Waals surface area contributed by atoms with E-state index in [1.165, 1.54) is 18.2 Å². The van der Waals surface area contributed by atoms with Gasteiger partial charge in [0.25, 0.3) is 11.6 Å². The van der Waals surface area contributed by atoms with Gasteiger partial charge in [0.05, 0.1) is 16.7 Å². The van der Waals surface area contributed by atoms with E-state index in [9.17, 15) is 20.0 Å². The minimum absolute atomic E-state index is 0.0263. The summed E-state index contributed by atoms with van der Waals surface area (Å²) >= 11 is 0. The molecule has 0 saturated carbocycles. The highest BCUT2D eigenvalue weighted by Crippen LogP contribution is 2.23. The molecule has 0 fully saturated rings. The van der Waals surface area contributed by atoms with E-state index in [4.69, 9.17) is 5.73 Å². The monoisotopic (exact) mass is 281 g/mol. The van der Waals surface area contributed by atoms with Crippen LogP contribution in [-0.2, 0) is 0 Å². The fourth-order valence-electron chi connectivity index (χ4n) is 1.72. The van der Waals surface area contributed by atoms with E-state index < -0.39 is 16.9 Å². The predicted molar refractivity (Wildman–Crippen MR) is 75.3 cm³/mol. The van der Waals surface area contributed by atoms with Crippen LogP contribution in [0.25, 0.3) is 0 Å². The van der Waals surface area contributed by atoms with Crippen LogP contribution in [0.15, 0.2) is 18.2 Å². The van der Waals surface area contributed by atoms with Crippen LogP contribution in [-0.4, -0.2) is 28.6 Å². The lowest BCUT2D eigenvalue weighted by atomic mass is 10.0. The van der Waals surface area contributed by atoms with E-state index >= 15 is 0 Å². The van der Waals surface area contributed by atoms with Crippen molar-refractivity contribution in [3.8, 4) is 0 Å². The molecule has 1 amide bonds. The van der Waals surface area contributed by atoms with Crippen LogP contribution in [0.4, 0.5) is 11.4 Å². The maximum absolute atomic E-state index is 12.0. The Bertz CT molecular complexity index is 504. The third kappa shape index (κ3) is 3.67. The Morgan fingerprint density at radius 2 is 2.20 bits per heavy atom. The molecule has 0 aliphatic heterocycles. The SMILES string of the molecule is CCC(C)C(O)CNC(=O)c1c(N)cccc1[N+](=O)[O-]. The number of carbonyl (C=O) groups is 1. The molecule has 0 radical (unpaired) electrons. The number of nitro benzene ring substituents is 1. The van der Waals surface area contributed by atoms with Crippen molar-refractivity contribution in [3.63, 3.8) is 0 Å². The molecule has 0 saturated heterocycles. The summed E-state index contributed by atoms with van der Waals surface area (Å²) in [6.45, 7) is 3.81. The number of rotatable bonds is 6. The molecule has 7 nitrogen and oxygen atoms in total. The van der Waals surface area contributed by atoms with Gasteiger partial charge in [-0.1, -0.05) is 26.3 Å². The fraction of sp³-hybridized carbons (Fsp3) is 0.462. The number of nitrogens with two attached hydrogens (primary N) is 1. The van der Waals surface area contributed by atoms with Gasteiger partial charge in [0.1, 0.15) is 5.56 Å². The highest BCUT2D eigenvalue weighted by molar-refractivity contribution is 6.03. The summed E-state index contributed by atoms with van der Waals surface area (Å²) in [6.07, 6.45) is 0.0675. The largest absolute Gasteiger partial charge is 0.398 e. The van der Waals surface area contributed by atoms with Crippen molar-refractivity contribution < 1.29 is 14.8 Å². The van der Waals surface area contributed by atoms with Gasteiger partial charge in [0, 0.05) is 12.6 Å². The molecule has 1 rings (SSSR count). The Kier molecular flexibility index (Phi) is 5.45. The normalized spacial score (nSPS) is 13.6. The van der Waals surface area contributed by atoms with Crippen LogP contribution in [0.2, 0.25) is 0 Å². The average Bonchev–Trinajstić information content (AvgIpc) is 2.42. The smallest absolute Gasteiger partial charge is 0.284 e. The highest BCUT2D eigenvalue weighted by atomic mass is 16.6. The molecule has 2 unspecified atom stereocenters. The topological polar surface area (TPSA) is 118 Å². The zero-order valence-corrected chi connectivity index (χ0v) is 11.5. The number of nitrogens with one attached hydrogen (secondary N) is 1. The number of nitrogen functional groups attached to an aromatic ring is 1. The number of carbonyl (C=O) groups excluding carboxylic acids is 1. The standard InChI is InChI=1S/C13H19N3O4/c1-3-8(2)11(17)7-15-13(18)12-9(14)5-4-6-10(12)16(19)20/h4-6,8,11,17H,3,7,14H2,1-2H3,(H,15,18). The number of anilines is 1. The summed E-state index contributed by atoms with van der Waals surface area (Å²) < 4.78 is 0. The Labute approximate surface area is 116 Å². The molecule has 7 heteroatoms. The summed E-state index contributed by atoms with van der Waals surface area (Å²) in [5, 5.41) is 23.1. The predicted octanol–water partition coefficient (Wildman–Crippen LogP) is 1.31. The number of benzene rings is 1. The van der Waals surface area contributed by atoms with E-state index in [1.54, 1.807) is 0 Å². The summed E-state index contributed by atoms with van der Waals surface area (Å²) in [7, 11) is 0. The maximum atomic E-state index is 12.0. The molecule has 0 spiro atoms.